The first-order valence-electron chi connectivity index (χ1n) is 7.30. The third kappa shape index (κ3) is 4.58. The molecule has 0 aliphatic carbocycles. The van der Waals surface area contributed by atoms with Crippen LogP contribution >= 0.6 is 11.3 Å². The molecule has 1 aliphatic heterocycles. The zero-order valence-electron chi connectivity index (χ0n) is 12.5. The molecule has 2 unspecified atom stereocenters. The molecule has 114 valence electrons. The average Bonchev–Trinajstić information content (AvgIpc) is 3.11. The summed E-state index contributed by atoms with van der Waals surface area (Å²) in [6.07, 6.45) is 1.62. The van der Waals surface area contributed by atoms with Crippen molar-refractivity contribution in [2.45, 2.75) is 46.3 Å². The Morgan fingerprint density at radius 1 is 1.35 bits per heavy atom. The number of aliphatic hydroxyl groups excluding tert-OH is 1. The highest BCUT2D eigenvalue weighted by atomic mass is 32.1. The Labute approximate surface area is 125 Å². The molecule has 1 aromatic heterocycles. The summed E-state index contributed by atoms with van der Waals surface area (Å²) in [7, 11) is 0. The molecule has 0 saturated carbocycles. The van der Waals surface area contributed by atoms with Crippen molar-refractivity contribution in [3.05, 3.63) is 21.9 Å². The van der Waals surface area contributed by atoms with E-state index in [9.17, 15) is 9.90 Å². The second kappa shape index (κ2) is 8.39. The molecular weight excluding hydrogens is 274 g/mol. The van der Waals surface area contributed by atoms with E-state index in [1.54, 1.807) is 0 Å². The molecule has 0 radical (unpaired) electrons. The highest BCUT2D eigenvalue weighted by Crippen LogP contribution is 2.29. The van der Waals surface area contributed by atoms with Crippen LogP contribution in [0.3, 0.4) is 0 Å². The van der Waals surface area contributed by atoms with Crippen molar-refractivity contribution >= 4 is 17.3 Å². The predicted octanol–water partition coefficient (Wildman–Crippen LogP) is 3.12. The summed E-state index contributed by atoms with van der Waals surface area (Å²) < 4.78 is 0. The molecule has 1 fully saturated rings. The average molecular weight is 299 g/mol. The monoisotopic (exact) mass is 299 g/mol. The van der Waals surface area contributed by atoms with Crippen molar-refractivity contribution in [1.82, 2.24) is 4.90 Å². The number of aliphatic carboxylic acids is 1. The first-order valence-corrected chi connectivity index (χ1v) is 8.11. The second-order valence-corrected chi connectivity index (χ2v) is 6.06. The molecule has 2 rings (SSSR count). The lowest BCUT2D eigenvalue weighted by Gasteiger charge is -2.14. The number of hydrogen-bond acceptors (Lipinski definition) is 4. The fourth-order valence-corrected chi connectivity index (χ4v) is 3.33. The Hall–Kier alpha value is -0.910. The van der Waals surface area contributed by atoms with Crippen molar-refractivity contribution in [2.24, 2.45) is 5.92 Å². The Morgan fingerprint density at radius 2 is 1.95 bits per heavy atom. The number of carbonyl (C=O) groups is 1. The summed E-state index contributed by atoms with van der Waals surface area (Å²) in [4.78, 5) is 15.2. The summed E-state index contributed by atoms with van der Waals surface area (Å²) in [5, 5.41) is 18.8. The van der Waals surface area contributed by atoms with E-state index in [1.165, 1.54) is 36.0 Å². The number of thiophene rings is 1. The van der Waals surface area contributed by atoms with Crippen LogP contribution in [0.2, 0.25) is 0 Å². The molecule has 1 aliphatic rings. The molecule has 2 heterocycles. The lowest BCUT2D eigenvalue weighted by atomic mass is 10.0. The summed E-state index contributed by atoms with van der Waals surface area (Å²) in [5.41, 5.74) is 0. The molecule has 1 saturated heterocycles. The number of hydrogen-bond donors (Lipinski definition) is 2. The molecule has 0 bridgehead atoms. The van der Waals surface area contributed by atoms with Gasteiger partial charge < -0.3 is 10.2 Å². The van der Waals surface area contributed by atoms with Gasteiger partial charge in [0.05, 0.1) is 5.92 Å². The van der Waals surface area contributed by atoms with Crippen molar-refractivity contribution in [3.8, 4) is 0 Å². The normalized spacial score (nSPS) is 18.2. The van der Waals surface area contributed by atoms with E-state index in [2.05, 4.69) is 4.90 Å². The van der Waals surface area contributed by atoms with Gasteiger partial charge in [0.1, 0.15) is 6.10 Å². The summed E-state index contributed by atoms with van der Waals surface area (Å²) in [6, 6.07) is 3.84. The Morgan fingerprint density at radius 3 is 2.50 bits per heavy atom. The van der Waals surface area contributed by atoms with Gasteiger partial charge in [0.2, 0.25) is 0 Å². The maximum absolute atomic E-state index is 10.8. The van der Waals surface area contributed by atoms with Crippen LogP contribution in [0.15, 0.2) is 12.1 Å². The quantitative estimate of drug-likeness (QED) is 0.877. The second-order valence-electron chi connectivity index (χ2n) is 4.86. The minimum atomic E-state index is -0.961. The zero-order valence-corrected chi connectivity index (χ0v) is 13.3. The molecule has 0 amide bonds. The Balaban J connectivity index is 0.000000956. The Kier molecular flexibility index (Phi) is 7.19. The smallest absolute Gasteiger partial charge is 0.309 e. The first kappa shape index (κ1) is 17.1. The van der Waals surface area contributed by atoms with Gasteiger partial charge in [-0.1, -0.05) is 13.8 Å². The van der Waals surface area contributed by atoms with Gasteiger partial charge >= 0.3 is 5.97 Å². The van der Waals surface area contributed by atoms with Gasteiger partial charge in [0.15, 0.2) is 0 Å². The molecule has 1 aromatic rings. The predicted molar refractivity (Wildman–Crippen MR) is 81.9 cm³/mol. The highest BCUT2D eigenvalue weighted by molar-refractivity contribution is 7.12. The summed E-state index contributed by atoms with van der Waals surface area (Å²) >= 11 is 1.52. The van der Waals surface area contributed by atoms with E-state index in [-0.39, 0.29) is 0 Å². The number of aliphatic hydroxyl groups is 1. The van der Waals surface area contributed by atoms with Gasteiger partial charge in [0, 0.05) is 16.3 Å². The number of nitrogens with zero attached hydrogens (tertiary/aromatic N) is 1. The van der Waals surface area contributed by atoms with E-state index in [0.29, 0.717) is 0 Å². The van der Waals surface area contributed by atoms with Crippen molar-refractivity contribution in [3.63, 3.8) is 0 Å². The van der Waals surface area contributed by atoms with E-state index in [1.807, 2.05) is 26.0 Å². The van der Waals surface area contributed by atoms with E-state index in [4.69, 9.17) is 5.11 Å². The van der Waals surface area contributed by atoms with E-state index < -0.39 is 18.0 Å². The third-order valence-corrected chi connectivity index (χ3v) is 4.56. The van der Waals surface area contributed by atoms with Crippen LogP contribution in [0.4, 0.5) is 0 Å². The molecular formula is C15H25NO3S. The summed E-state index contributed by atoms with van der Waals surface area (Å²) in [6.45, 7) is 8.73. The largest absolute Gasteiger partial charge is 0.481 e. The lowest BCUT2D eigenvalue weighted by Crippen LogP contribution is -2.18. The lowest BCUT2D eigenvalue weighted by molar-refractivity contribution is -0.144. The maximum Gasteiger partial charge on any atom is 0.309 e. The number of carboxylic acids is 1. The van der Waals surface area contributed by atoms with Crippen LogP contribution < -0.4 is 0 Å². The van der Waals surface area contributed by atoms with Gasteiger partial charge in [-0.2, -0.15) is 0 Å². The maximum atomic E-state index is 10.8. The van der Waals surface area contributed by atoms with Crippen molar-refractivity contribution in [1.29, 1.82) is 0 Å². The van der Waals surface area contributed by atoms with Crippen LogP contribution in [0.5, 0.6) is 0 Å². The number of rotatable bonds is 5. The molecule has 20 heavy (non-hydrogen) atoms. The number of likely N-dealkylation sites (tertiary alicyclic amines) is 1. The van der Waals surface area contributed by atoms with Crippen LogP contribution in [-0.2, 0) is 11.3 Å². The van der Waals surface area contributed by atoms with Gasteiger partial charge in [0.25, 0.3) is 0 Å². The molecule has 0 spiro atoms. The van der Waals surface area contributed by atoms with Crippen molar-refractivity contribution in [2.75, 3.05) is 13.1 Å². The number of carboxylic acid groups (broad SMARTS) is 1. The molecule has 0 aromatic carbocycles. The molecule has 2 atom stereocenters. The highest BCUT2D eigenvalue weighted by Gasteiger charge is 2.24. The standard InChI is InChI=1S/C13H19NO3S.C2H6/c1-9(13(16)17)12(15)11-5-4-10(18-11)8-14-6-2-3-7-14;1-2/h4-5,9,12,15H,2-3,6-8H2,1H3,(H,16,17);1-2H3. The summed E-state index contributed by atoms with van der Waals surface area (Å²) in [5.74, 6) is -1.72. The molecule has 5 heteroatoms. The van der Waals surface area contributed by atoms with E-state index in [0.717, 1.165) is 24.5 Å². The third-order valence-electron chi connectivity index (χ3n) is 3.42. The minimum Gasteiger partial charge on any atom is -0.481 e. The fraction of sp³-hybridized carbons (Fsp3) is 0.667. The van der Waals surface area contributed by atoms with Crippen LogP contribution in [0, 0.1) is 5.92 Å². The van der Waals surface area contributed by atoms with Gasteiger partial charge in [-0.3, -0.25) is 9.69 Å². The van der Waals surface area contributed by atoms with Crippen LogP contribution in [0.1, 0.15) is 49.5 Å². The van der Waals surface area contributed by atoms with E-state index >= 15 is 0 Å². The van der Waals surface area contributed by atoms with Crippen LogP contribution in [0.25, 0.3) is 0 Å². The molecule has 2 N–H and O–H groups in total. The van der Waals surface area contributed by atoms with Gasteiger partial charge in [-0.25, -0.2) is 0 Å². The van der Waals surface area contributed by atoms with Gasteiger partial charge in [-0.05, 0) is 45.0 Å². The molecule has 4 nitrogen and oxygen atoms in total. The van der Waals surface area contributed by atoms with Crippen LogP contribution in [-0.4, -0.2) is 34.2 Å². The fourth-order valence-electron chi connectivity index (χ4n) is 2.18. The SMILES string of the molecule is CC.CC(C(=O)O)C(O)c1ccc(CN2CCCC2)s1. The Bertz CT molecular complexity index is 413. The topological polar surface area (TPSA) is 60.8 Å². The zero-order chi connectivity index (χ0) is 15.1. The first-order chi connectivity index (χ1) is 9.58. The van der Waals surface area contributed by atoms with Gasteiger partial charge in [-0.15, -0.1) is 11.3 Å². The minimum absolute atomic E-state index is 0.749. The van der Waals surface area contributed by atoms with Crippen molar-refractivity contribution < 1.29 is 15.0 Å².